The Morgan fingerprint density at radius 3 is 2.18 bits per heavy atom. The van der Waals surface area contributed by atoms with Crippen molar-refractivity contribution in [1.29, 1.82) is 0 Å². The molecule has 0 aromatic heterocycles. The second kappa shape index (κ2) is 6.25. The lowest BCUT2D eigenvalue weighted by atomic mass is 10.1. The van der Waals surface area contributed by atoms with E-state index in [4.69, 9.17) is 5.14 Å². The minimum atomic E-state index is -3.82. The van der Waals surface area contributed by atoms with Crippen LogP contribution in [0.3, 0.4) is 0 Å². The van der Waals surface area contributed by atoms with Crippen LogP contribution in [0.5, 0.6) is 0 Å². The van der Waals surface area contributed by atoms with Crippen molar-refractivity contribution in [2.45, 2.75) is 16.2 Å². The van der Waals surface area contributed by atoms with Crippen LogP contribution in [0.2, 0.25) is 0 Å². The highest BCUT2D eigenvalue weighted by Gasteiger charge is 2.32. The van der Waals surface area contributed by atoms with Crippen molar-refractivity contribution in [3.63, 3.8) is 0 Å². The van der Waals surface area contributed by atoms with Crippen LogP contribution < -0.4 is 5.14 Å². The monoisotopic (exact) mass is 347 g/mol. The summed E-state index contributed by atoms with van der Waals surface area (Å²) in [5.74, 6) is 0.313. The molecule has 1 heterocycles. The maximum Gasteiger partial charge on any atom is 0.243 e. The smallest absolute Gasteiger partial charge is 0.243 e. The quantitative estimate of drug-likeness (QED) is 0.802. The minimum absolute atomic E-state index is 0.0883. The van der Waals surface area contributed by atoms with Crippen molar-refractivity contribution in [2.75, 3.05) is 33.7 Å². The molecule has 0 aliphatic carbocycles. The third kappa shape index (κ3) is 3.85. The van der Waals surface area contributed by atoms with E-state index in [0.29, 0.717) is 19.0 Å². The lowest BCUT2D eigenvalue weighted by Gasteiger charge is -2.18. The minimum Gasteiger partial charge on any atom is -0.309 e. The predicted octanol–water partition coefficient (Wildman–Crippen LogP) is -0.0938. The zero-order chi connectivity index (χ0) is 16.5. The van der Waals surface area contributed by atoms with E-state index in [1.807, 2.05) is 19.0 Å². The van der Waals surface area contributed by atoms with Crippen LogP contribution in [0.25, 0.3) is 0 Å². The zero-order valence-corrected chi connectivity index (χ0v) is 14.3. The highest BCUT2D eigenvalue weighted by molar-refractivity contribution is 7.89. The molecule has 7 nitrogen and oxygen atoms in total. The topological polar surface area (TPSA) is 101 Å². The second-order valence-electron chi connectivity index (χ2n) is 5.80. The number of rotatable bonds is 5. The Bertz CT molecular complexity index is 727. The molecule has 1 aromatic rings. The van der Waals surface area contributed by atoms with Crippen molar-refractivity contribution in [3.8, 4) is 0 Å². The number of hydrogen-bond acceptors (Lipinski definition) is 5. The van der Waals surface area contributed by atoms with Gasteiger partial charge < -0.3 is 4.90 Å². The van der Waals surface area contributed by atoms with Gasteiger partial charge in [-0.25, -0.2) is 22.0 Å². The van der Waals surface area contributed by atoms with Crippen LogP contribution in [0.15, 0.2) is 34.1 Å². The van der Waals surface area contributed by atoms with Gasteiger partial charge in [0.05, 0.1) is 9.79 Å². The maximum absolute atomic E-state index is 12.6. The van der Waals surface area contributed by atoms with Gasteiger partial charge in [0.2, 0.25) is 20.0 Å². The normalized spacial score (nSPS) is 20.6. The number of nitrogens with two attached hydrogens (primary N) is 1. The Morgan fingerprint density at radius 1 is 1.14 bits per heavy atom. The summed E-state index contributed by atoms with van der Waals surface area (Å²) in [5, 5.41) is 5.01. The first-order chi connectivity index (χ1) is 10.1. The average molecular weight is 347 g/mol. The summed E-state index contributed by atoms with van der Waals surface area (Å²) in [4.78, 5) is 2.03. The molecule has 9 heteroatoms. The number of hydrogen-bond donors (Lipinski definition) is 1. The van der Waals surface area contributed by atoms with Crippen LogP contribution in [0, 0.1) is 5.92 Å². The van der Waals surface area contributed by atoms with Gasteiger partial charge >= 0.3 is 0 Å². The van der Waals surface area contributed by atoms with E-state index in [1.165, 1.54) is 28.6 Å². The lowest BCUT2D eigenvalue weighted by Crippen LogP contribution is -2.30. The van der Waals surface area contributed by atoms with Crippen LogP contribution in [0.4, 0.5) is 0 Å². The molecule has 2 N–H and O–H groups in total. The van der Waals surface area contributed by atoms with Crippen molar-refractivity contribution in [2.24, 2.45) is 11.1 Å². The number of benzene rings is 1. The molecule has 1 saturated heterocycles. The van der Waals surface area contributed by atoms with E-state index in [9.17, 15) is 16.8 Å². The van der Waals surface area contributed by atoms with Gasteiger partial charge in [-0.3, -0.25) is 0 Å². The Kier molecular flexibility index (Phi) is 4.93. The van der Waals surface area contributed by atoms with Gasteiger partial charge in [0, 0.05) is 19.6 Å². The van der Waals surface area contributed by atoms with Crippen LogP contribution in [-0.4, -0.2) is 59.8 Å². The van der Waals surface area contributed by atoms with E-state index in [2.05, 4.69) is 0 Å². The molecule has 0 amide bonds. The van der Waals surface area contributed by atoms with Gasteiger partial charge in [0.15, 0.2) is 0 Å². The molecule has 1 aliphatic rings. The largest absolute Gasteiger partial charge is 0.309 e. The first-order valence-corrected chi connectivity index (χ1v) is 9.87. The summed E-state index contributed by atoms with van der Waals surface area (Å²) in [6.07, 6.45) is 0.826. The molecular weight excluding hydrogens is 326 g/mol. The summed E-state index contributed by atoms with van der Waals surface area (Å²) >= 11 is 0. The fraction of sp³-hybridized carbons (Fsp3) is 0.538. The molecule has 2 rings (SSSR count). The molecule has 0 bridgehead atoms. The third-order valence-electron chi connectivity index (χ3n) is 3.66. The van der Waals surface area contributed by atoms with Gasteiger partial charge in [-0.1, -0.05) is 0 Å². The SMILES string of the molecule is CN(C)CC1CCN(S(=O)(=O)c2ccc(S(N)(=O)=O)cc2)C1. The molecular formula is C13H21N3O4S2. The number of sulfonamides is 2. The van der Waals surface area contributed by atoms with Gasteiger partial charge in [0.1, 0.15) is 0 Å². The van der Waals surface area contributed by atoms with E-state index in [1.54, 1.807) is 0 Å². The molecule has 22 heavy (non-hydrogen) atoms. The Balaban J connectivity index is 2.18. The zero-order valence-electron chi connectivity index (χ0n) is 12.6. The molecule has 124 valence electrons. The van der Waals surface area contributed by atoms with Gasteiger partial charge in [-0.05, 0) is 50.7 Å². The summed E-state index contributed by atoms with van der Waals surface area (Å²) in [6, 6.07) is 5.01. The maximum atomic E-state index is 12.6. The van der Waals surface area contributed by atoms with Crippen LogP contribution >= 0.6 is 0 Å². The molecule has 0 radical (unpaired) electrons. The first-order valence-electron chi connectivity index (χ1n) is 6.88. The Hall–Kier alpha value is -1.00. The van der Waals surface area contributed by atoms with Gasteiger partial charge in [-0.2, -0.15) is 4.31 Å². The van der Waals surface area contributed by atoms with Crippen molar-refractivity contribution >= 4 is 20.0 Å². The van der Waals surface area contributed by atoms with Crippen molar-refractivity contribution in [1.82, 2.24) is 9.21 Å². The highest BCUT2D eigenvalue weighted by atomic mass is 32.2. The summed E-state index contributed by atoms with van der Waals surface area (Å²) in [7, 11) is -3.49. The van der Waals surface area contributed by atoms with Gasteiger partial charge in [0.25, 0.3) is 0 Å². The Labute approximate surface area is 131 Å². The third-order valence-corrected chi connectivity index (χ3v) is 6.47. The van der Waals surface area contributed by atoms with E-state index < -0.39 is 20.0 Å². The van der Waals surface area contributed by atoms with Crippen LogP contribution in [-0.2, 0) is 20.0 Å². The molecule has 1 atom stereocenters. The standard InChI is InChI=1S/C13H21N3O4S2/c1-15(2)9-11-7-8-16(10-11)22(19,20)13-5-3-12(4-6-13)21(14,17)18/h3-6,11H,7-10H2,1-2H3,(H2,14,17,18). The second-order valence-corrected chi connectivity index (χ2v) is 9.30. The van der Waals surface area contributed by atoms with Crippen LogP contribution in [0.1, 0.15) is 6.42 Å². The molecule has 1 unspecified atom stereocenters. The first kappa shape index (κ1) is 17.4. The molecule has 0 saturated carbocycles. The van der Waals surface area contributed by atoms with E-state index >= 15 is 0 Å². The van der Waals surface area contributed by atoms with E-state index in [-0.39, 0.29) is 9.79 Å². The average Bonchev–Trinajstić information content (AvgIpc) is 2.86. The predicted molar refractivity (Wildman–Crippen MR) is 83.2 cm³/mol. The van der Waals surface area contributed by atoms with Crippen molar-refractivity contribution < 1.29 is 16.8 Å². The molecule has 1 fully saturated rings. The summed E-state index contributed by atoms with van der Waals surface area (Å²) in [5.41, 5.74) is 0. The van der Waals surface area contributed by atoms with Gasteiger partial charge in [-0.15, -0.1) is 0 Å². The van der Waals surface area contributed by atoms with Crippen molar-refractivity contribution in [3.05, 3.63) is 24.3 Å². The summed E-state index contributed by atoms with van der Waals surface area (Å²) < 4.78 is 49.0. The highest BCUT2D eigenvalue weighted by Crippen LogP contribution is 2.25. The number of primary sulfonamides is 1. The number of nitrogens with zero attached hydrogens (tertiary/aromatic N) is 2. The molecule has 1 aromatic carbocycles. The van der Waals surface area contributed by atoms with E-state index in [0.717, 1.165) is 13.0 Å². The fourth-order valence-electron chi connectivity index (χ4n) is 2.63. The fourth-order valence-corrected chi connectivity index (χ4v) is 4.68. The lowest BCUT2D eigenvalue weighted by molar-refractivity contribution is 0.329. The summed E-state index contributed by atoms with van der Waals surface area (Å²) in [6.45, 7) is 1.81. The molecule has 1 aliphatic heterocycles. The Morgan fingerprint density at radius 2 is 1.68 bits per heavy atom. The molecule has 0 spiro atoms.